The molecule has 0 saturated carbocycles. The van der Waals surface area contributed by atoms with E-state index >= 15 is 0 Å². The molecule has 1 heterocycles. The van der Waals surface area contributed by atoms with Crippen LogP contribution in [0.4, 0.5) is 0 Å². The fraction of sp³-hybridized carbons (Fsp3) is 0.818. The molecular weight excluding hydrogens is 240 g/mol. The highest BCUT2D eigenvalue weighted by Gasteiger charge is 2.26. The highest BCUT2D eigenvalue weighted by atomic mass is 32.2. The summed E-state index contributed by atoms with van der Waals surface area (Å²) in [6, 6.07) is 0. The van der Waals surface area contributed by atoms with Gasteiger partial charge >= 0.3 is 0 Å². The number of sulfone groups is 1. The molecule has 0 radical (unpaired) electrons. The summed E-state index contributed by atoms with van der Waals surface area (Å²) in [5.74, 6) is 1.27. The topological polar surface area (TPSA) is 73.1 Å². The molecule has 1 rings (SSSR count). The van der Waals surface area contributed by atoms with Crippen LogP contribution in [0.2, 0.25) is 0 Å². The van der Waals surface area contributed by atoms with Gasteiger partial charge in [-0.1, -0.05) is 20.3 Å². The zero-order valence-electron chi connectivity index (χ0n) is 10.8. The molecule has 0 aliphatic carbocycles. The lowest BCUT2D eigenvalue weighted by Crippen LogP contribution is -2.15. The largest absolute Gasteiger partial charge is 0.424 e. The second-order valence-corrected chi connectivity index (χ2v) is 7.15. The van der Waals surface area contributed by atoms with Crippen molar-refractivity contribution in [2.75, 3.05) is 5.75 Å². The second-order valence-electron chi connectivity index (χ2n) is 4.70. The van der Waals surface area contributed by atoms with Crippen molar-refractivity contribution in [1.29, 1.82) is 0 Å². The van der Waals surface area contributed by atoms with Crippen molar-refractivity contribution in [3.63, 3.8) is 0 Å². The summed E-state index contributed by atoms with van der Waals surface area (Å²) in [5.41, 5.74) is 0. The zero-order chi connectivity index (χ0) is 13.1. The molecule has 0 aliphatic heterocycles. The van der Waals surface area contributed by atoms with E-state index in [2.05, 4.69) is 24.0 Å². The summed E-state index contributed by atoms with van der Waals surface area (Å²) in [4.78, 5) is 0. The van der Waals surface area contributed by atoms with Gasteiger partial charge in [-0.25, -0.2) is 8.42 Å². The van der Waals surface area contributed by atoms with E-state index in [9.17, 15) is 8.42 Å². The predicted molar refractivity (Wildman–Crippen MR) is 65.3 cm³/mol. The van der Waals surface area contributed by atoms with E-state index in [-0.39, 0.29) is 11.6 Å². The van der Waals surface area contributed by atoms with Crippen molar-refractivity contribution in [2.24, 2.45) is 5.92 Å². The zero-order valence-corrected chi connectivity index (χ0v) is 11.6. The summed E-state index contributed by atoms with van der Waals surface area (Å²) in [5, 5.41) is 6.70. The molecule has 6 heteroatoms. The fourth-order valence-electron chi connectivity index (χ4n) is 1.50. The van der Waals surface area contributed by atoms with Gasteiger partial charge in [0.05, 0.1) is 5.75 Å². The Morgan fingerprint density at radius 3 is 2.35 bits per heavy atom. The van der Waals surface area contributed by atoms with Crippen LogP contribution in [-0.4, -0.2) is 24.4 Å². The summed E-state index contributed by atoms with van der Waals surface area (Å²) in [7, 11) is -3.19. The van der Waals surface area contributed by atoms with E-state index < -0.39 is 15.1 Å². The smallest absolute Gasteiger partial charge is 0.234 e. The SMILES string of the molecule is Cc1nnc([C@H](C)S(=O)(=O)CCCC(C)C)o1. The highest BCUT2D eigenvalue weighted by molar-refractivity contribution is 7.91. The van der Waals surface area contributed by atoms with Crippen LogP contribution in [0.5, 0.6) is 0 Å². The number of hydrogen-bond donors (Lipinski definition) is 0. The molecule has 1 aromatic rings. The molecule has 0 fully saturated rings. The fourth-order valence-corrected chi connectivity index (χ4v) is 2.82. The molecule has 0 amide bonds. The first kappa shape index (κ1) is 14.2. The molecule has 0 bridgehead atoms. The van der Waals surface area contributed by atoms with Gasteiger partial charge < -0.3 is 4.42 Å². The lowest BCUT2D eigenvalue weighted by molar-refractivity contribution is 0.460. The van der Waals surface area contributed by atoms with Crippen LogP contribution >= 0.6 is 0 Å². The average Bonchev–Trinajstić information content (AvgIpc) is 2.62. The van der Waals surface area contributed by atoms with Crippen molar-refractivity contribution in [3.8, 4) is 0 Å². The van der Waals surface area contributed by atoms with E-state index in [4.69, 9.17) is 4.42 Å². The van der Waals surface area contributed by atoms with E-state index in [1.54, 1.807) is 13.8 Å². The minimum atomic E-state index is -3.19. The van der Waals surface area contributed by atoms with Crippen LogP contribution in [0, 0.1) is 12.8 Å². The maximum atomic E-state index is 12.0. The monoisotopic (exact) mass is 260 g/mol. The third-order valence-electron chi connectivity index (χ3n) is 2.64. The summed E-state index contributed by atoms with van der Waals surface area (Å²) in [6.07, 6.45) is 1.59. The third kappa shape index (κ3) is 4.11. The Kier molecular flexibility index (Phi) is 4.68. The molecule has 0 spiro atoms. The molecule has 0 N–H and O–H groups in total. The Balaban J connectivity index is 2.64. The lowest BCUT2D eigenvalue weighted by atomic mass is 10.1. The van der Waals surface area contributed by atoms with Crippen LogP contribution in [0.15, 0.2) is 4.42 Å². The van der Waals surface area contributed by atoms with Crippen LogP contribution in [0.1, 0.15) is 50.6 Å². The van der Waals surface area contributed by atoms with Crippen molar-refractivity contribution in [3.05, 3.63) is 11.8 Å². The van der Waals surface area contributed by atoms with Crippen molar-refractivity contribution < 1.29 is 12.8 Å². The highest BCUT2D eigenvalue weighted by Crippen LogP contribution is 2.22. The number of hydrogen-bond acceptors (Lipinski definition) is 5. The van der Waals surface area contributed by atoms with E-state index in [0.29, 0.717) is 18.2 Å². The normalized spacial score (nSPS) is 14.2. The Morgan fingerprint density at radius 2 is 1.88 bits per heavy atom. The Hall–Kier alpha value is -0.910. The Labute approximate surface area is 103 Å². The van der Waals surface area contributed by atoms with Crippen LogP contribution in [0.25, 0.3) is 0 Å². The van der Waals surface area contributed by atoms with Crippen LogP contribution < -0.4 is 0 Å². The van der Waals surface area contributed by atoms with Crippen LogP contribution in [-0.2, 0) is 9.84 Å². The summed E-state index contributed by atoms with van der Waals surface area (Å²) >= 11 is 0. The minimum absolute atomic E-state index is 0.174. The quantitative estimate of drug-likeness (QED) is 0.784. The molecule has 98 valence electrons. The van der Waals surface area contributed by atoms with Crippen LogP contribution in [0.3, 0.4) is 0 Å². The van der Waals surface area contributed by atoms with Gasteiger partial charge in [0.25, 0.3) is 0 Å². The van der Waals surface area contributed by atoms with Gasteiger partial charge in [0.1, 0.15) is 5.25 Å². The van der Waals surface area contributed by atoms with Gasteiger partial charge in [-0.2, -0.15) is 0 Å². The summed E-state index contributed by atoms with van der Waals surface area (Å²) in [6.45, 7) is 7.40. The molecule has 17 heavy (non-hydrogen) atoms. The molecule has 5 nitrogen and oxygen atoms in total. The molecule has 0 saturated heterocycles. The molecular formula is C11H20N2O3S. The standard InChI is InChI=1S/C11H20N2O3S/c1-8(2)6-5-7-17(14,15)9(3)11-13-12-10(4)16-11/h8-9H,5-7H2,1-4H3/t9-/m0/s1. The number of rotatable bonds is 6. The molecule has 0 aliphatic rings. The first-order valence-corrected chi connectivity index (χ1v) is 7.56. The van der Waals surface area contributed by atoms with E-state index in [1.807, 2.05) is 0 Å². The second kappa shape index (κ2) is 5.62. The number of aromatic nitrogens is 2. The van der Waals surface area contributed by atoms with Gasteiger partial charge in [-0.3, -0.25) is 0 Å². The van der Waals surface area contributed by atoms with E-state index in [1.165, 1.54) is 0 Å². The van der Waals surface area contributed by atoms with Gasteiger partial charge in [-0.15, -0.1) is 10.2 Å². The molecule has 1 aromatic heterocycles. The first-order valence-electron chi connectivity index (χ1n) is 5.84. The first-order chi connectivity index (χ1) is 7.83. The molecule has 0 unspecified atom stereocenters. The Morgan fingerprint density at radius 1 is 1.24 bits per heavy atom. The van der Waals surface area contributed by atoms with Crippen molar-refractivity contribution >= 4 is 9.84 Å². The average molecular weight is 260 g/mol. The van der Waals surface area contributed by atoms with Gasteiger partial charge in [-0.05, 0) is 19.3 Å². The number of aryl methyl sites for hydroxylation is 1. The van der Waals surface area contributed by atoms with Crippen molar-refractivity contribution in [1.82, 2.24) is 10.2 Å². The maximum Gasteiger partial charge on any atom is 0.234 e. The third-order valence-corrected chi connectivity index (χ3v) is 4.78. The predicted octanol–water partition coefficient (Wildman–Crippen LogP) is 2.29. The van der Waals surface area contributed by atoms with Gasteiger partial charge in [0, 0.05) is 6.92 Å². The Bertz CT molecular complexity index is 451. The maximum absolute atomic E-state index is 12.0. The molecule has 0 aromatic carbocycles. The molecule has 1 atom stereocenters. The summed E-state index contributed by atoms with van der Waals surface area (Å²) < 4.78 is 29.1. The number of nitrogens with zero attached hydrogens (tertiary/aromatic N) is 2. The van der Waals surface area contributed by atoms with Gasteiger partial charge in [0.15, 0.2) is 9.84 Å². The van der Waals surface area contributed by atoms with Crippen molar-refractivity contribution in [2.45, 2.75) is 45.8 Å². The van der Waals surface area contributed by atoms with Gasteiger partial charge in [0.2, 0.25) is 11.8 Å². The minimum Gasteiger partial charge on any atom is -0.424 e. The lowest BCUT2D eigenvalue weighted by Gasteiger charge is -2.09. The van der Waals surface area contributed by atoms with E-state index in [0.717, 1.165) is 6.42 Å².